The lowest BCUT2D eigenvalue weighted by Gasteiger charge is -2.11. The lowest BCUT2D eigenvalue weighted by Crippen LogP contribution is -2.00. The number of rotatable bonds is 10. The van der Waals surface area contributed by atoms with Crippen LogP contribution in [-0.4, -0.2) is 34.1 Å². The van der Waals surface area contributed by atoms with Crippen molar-refractivity contribution >= 4 is 65.6 Å². The molecule has 0 saturated heterocycles. The molecule has 5 aromatic heterocycles. The van der Waals surface area contributed by atoms with E-state index in [4.69, 9.17) is 29.3 Å². The van der Waals surface area contributed by atoms with Gasteiger partial charge in [-0.05, 0) is 113 Å². The lowest BCUT2D eigenvalue weighted by atomic mass is 9.97. The van der Waals surface area contributed by atoms with Crippen LogP contribution in [0.5, 0.6) is 0 Å². The predicted octanol–water partition coefficient (Wildman–Crippen LogP) is 20.1. The molecule has 12 aromatic carbocycles. The largest absolute Gasteiger partial charge is 0.456 e. The Morgan fingerprint density at radius 1 is 0.230 bits per heavy atom. The minimum atomic E-state index is 0.606. The second-order valence-corrected chi connectivity index (χ2v) is 22.0. The molecule has 8 heteroatoms. The van der Waals surface area contributed by atoms with E-state index in [0.717, 1.165) is 144 Å². The van der Waals surface area contributed by atoms with Crippen LogP contribution < -0.4 is 0 Å². The quantitative estimate of drug-likeness (QED) is 0.136. The molecule has 406 valence electrons. The van der Waals surface area contributed by atoms with Gasteiger partial charge in [-0.3, -0.25) is 0 Å². The molecule has 0 bridgehead atoms. The molecule has 0 N–H and O–H groups in total. The summed E-state index contributed by atoms with van der Waals surface area (Å²) in [4.78, 5) is 26.2. The first kappa shape index (κ1) is 49.7. The SMILES string of the molecule is c1ccc(-c2cc(-c3ccccc3)nc(-c3cccc4c3c3cc(-c5ccc6oc7ccc(-c8ccc9c(c8)c8c(-c%10nc(-c%11ccccc%11)nc(-c%11ccccc%11)n%10)cccc8n9-c8ccccc8)cc7c6c5)ccc3n4-c3ccccc3)n2)cc1. The number of hydrogen-bond donors (Lipinski definition) is 0. The Morgan fingerprint density at radius 3 is 0.989 bits per heavy atom. The first-order valence-corrected chi connectivity index (χ1v) is 29.2. The van der Waals surface area contributed by atoms with E-state index in [1.165, 1.54) is 0 Å². The number of para-hydroxylation sites is 2. The van der Waals surface area contributed by atoms with Crippen molar-refractivity contribution in [3.05, 3.63) is 297 Å². The zero-order valence-corrected chi connectivity index (χ0v) is 46.8. The van der Waals surface area contributed by atoms with Crippen molar-refractivity contribution in [3.8, 4) is 102 Å². The van der Waals surface area contributed by atoms with Gasteiger partial charge in [0.25, 0.3) is 0 Å². The summed E-state index contributed by atoms with van der Waals surface area (Å²) in [5.41, 5.74) is 19.9. The summed E-state index contributed by atoms with van der Waals surface area (Å²) >= 11 is 0. The van der Waals surface area contributed by atoms with Gasteiger partial charge >= 0.3 is 0 Å². The topological polar surface area (TPSA) is 87.5 Å². The fourth-order valence-electron chi connectivity index (χ4n) is 12.7. The van der Waals surface area contributed by atoms with E-state index >= 15 is 0 Å². The van der Waals surface area contributed by atoms with Gasteiger partial charge in [0.15, 0.2) is 23.3 Å². The molecule has 17 aromatic rings. The van der Waals surface area contributed by atoms with Gasteiger partial charge < -0.3 is 13.6 Å². The van der Waals surface area contributed by atoms with E-state index in [9.17, 15) is 0 Å². The Hall–Kier alpha value is -11.9. The Morgan fingerprint density at radius 2 is 0.575 bits per heavy atom. The number of furan rings is 1. The number of fused-ring (bicyclic) bond motifs is 9. The van der Waals surface area contributed by atoms with Gasteiger partial charge in [0.05, 0.1) is 33.5 Å². The van der Waals surface area contributed by atoms with Crippen molar-refractivity contribution in [2.45, 2.75) is 0 Å². The van der Waals surface area contributed by atoms with E-state index in [1.54, 1.807) is 0 Å². The van der Waals surface area contributed by atoms with Gasteiger partial charge in [0.2, 0.25) is 0 Å². The number of benzene rings is 12. The maximum absolute atomic E-state index is 6.65. The van der Waals surface area contributed by atoms with Crippen LogP contribution in [0.25, 0.3) is 167 Å². The number of aromatic nitrogens is 7. The second-order valence-electron chi connectivity index (χ2n) is 22.0. The van der Waals surface area contributed by atoms with Crippen LogP contribution in [0.15, 0.2) is 302 Å². The Balaban J connectivity index is 0.819. The highest BCUT2D eigenvalue weighted by atomic mass is 16.3. The number of nitrogens with zero attached hydrogens (tertiary/aromatic N) is 7. The van der Waals surface area contributed by atoms with E-state index < -0.39 is 0 Å². The highest BCUT2D eigenvalue weighted by molar-refractivity contribution is 6.18. The second kappa shape index (κ2) is 20.5. The van der Waals surface area contributed by atoms with E-state index in [-0.39, 0.29) is 0 Å². The van der Waals surface area contributed by atoms with Crippen LogP contribution in [0.4, 0.5) is 0 Å². The zero-order chi connectivity index (χ0) is 57.4. The molecular weight excluding hydrogens is 1060 g/mol. The molecule has 5 heterocycles. The molecule has 0 aliphatic heterocycles. The van der Waals surface area contributed by atoms with E-state index in [2.05, 4.69) is 258 Å². The summed E-state index contributed by atoms with van der Waals surface area (Å²) in [6, 6.07) is 104. The summed E-state index contributed by atoms with van der Waals surface area (Å²) < 4.78 is 11.4. The molecule has 0 unspecified atom stereocenters. The van der Waals surface area contributed by atoms with Crippen LogP contribution in [0.3, 0.4) is 0 Å². The standard InChI is InChI=1S/C79H49N7O/c1-7-21-50(22-8-1)66-49-67(51-23-9-2-10-24-51)81-78(80-66)60-33-19-35-70-74(60)64-47-54(37-41-68(64)85(70)58-29-15-5-16-30-58)56-39-43-72-62(45-56)63-46-57(40-44-73(63)87-72)55-38-42-69-65(48-55)75-61(34-20-36-71(75)86(69)59-31-17-6-18-32-59)79-83-76(52-25-11-3-12-26-52)82-77(84-79)53-27-13-4-14-28-53/h1-49H. The lowest BCUT2D eigenvalue weighted by molar-refractivity contribution is 0.669. The van der Waals surface area contributed by atoms with Gasteiger partial charge in [-0.25, -0.2) is 24.9 Å². The molecule has 0 spiro atoms. The molecule has 0 aliphatic carbocycles. The first-order valence-electron chi connectivity index (χ1n) is 29.2. The maximum Gasteiger partial charge on any atom is 0.164 e. The van der Waals surface area contributed by atoms with Crippen molar-refractivity contribution in [3.63, 3.8) is 0 Å². The smallest absolute Gasteiger partial charge is 0.164 e. The Kier molecular flexibility index (Phi) is 11.7. The van der Waals surface area contributed by atoms with Crippen molar-refractivity contribution in [1.29, 1.82) is 0 Å². The summed E-state index contributed by atoms with van der Waals surface area (Å²) in [5, 5.41) is 6.41. The molecular formula is C79H49N7O. The minimum Gasteiger partial charge on any atom is -0.456 e. The fraction of sp³-hybridized carbons (Fsp3) is 0. The van der Waals surface area contributed by atoms with Gasteiger partial charge in [0, 0.05) is 77.1 Å². The first-order chi connectivity index (χ1) is 43.1. The van der Waals surface area contributed by atoms with Crippen LogP contribution >= 0.6 is 0 Å². The molecule has 8 nitrogen and oxygen atoms in total. The highest BCUT2D eigenvalue weighted by Crippen LogP contribution is 2.44. The van der Waals surface area contributed by atoms with Crippen LogP contribution in [0, 0.1) is 0 Å². The molecule has 0 amide bonds. The van der Waals surface area contributed by atoms with Crippen molar-refractivity contribution in [2.75, 3.05) is 0 Å². The molecule has 0 aliphatic rings. The molecule has 17 rings (SSSR count). The normalized spacial score (nSPS) is 11.7. The van der Waals surface area contributed by atoms with Gasteiger partial charge in [0.1, 0.15) is 11.2 Å². The molecule has 87 heavy (non-hydrogen) atoms. The van der Waals surface area contributed by atoms with Gasteiger partial charge in [-0.1, -0.05) is 206 Å². The highest BCUT2D eigenvalue weighted by Gasteiger charge is 2.23. The summed E-state index contributed by atoms with van der Waals surface area (Å²) in [7, 11) is 0. The number of hydrogen-bond acceptors (Lipinski definition) is 6. The fourth-order valence-corrected chi connectivity index (χ4v) is 12.7. The molecule has 0 fully saturated rings. The Labute approximate surface area is 500 Å². The monoisotopic (exact) mass is 1110 g/mol. The van der Waals surface area contributed by atoms with Gasteiger partial charge in [-0.15, -0.1) is 0 Å². The third kappa shape index (κ3) is 8.57. The average molecular weight is 1110 g/mol. The maximum atomic E-state index is 6.65. The van der Waals surface area contributed by atoms with Crippen molar-refractivity contribution in [2.24, 2.45) is 0 Å². The average Bonchev–Trinajstić information content (AvgIpc) is 2.27. The van der Waals surface area contributed by atoms with Crippen LogP contribution in [-0.2, 0) is 0 Å². The van der Waals surface area contributed by atoms with Crippen molar-refractivity contribution in [1.82, 2.24) is 34.1 Å². The summed E-state index contributed by atoms with van der Waals surface area (Å²) in [6.07, 6.45) is 0. The van der Waals surface area contributed by atoms with E-state index in [1.807, 2.05) is 48.5 Å². The van der Waals surface area contributed by atoms with Crippen LogP contribution in [0.2, 0.25) is 0 Å². The predicted molar refractivity (Wildman–Crippen MR) is 355 cm³/mol. The van der Waals surface area contributed by atoms with E-state index in [0.29, 0.717) is 23.3 Å². The van der Waals surface area contributed by atoms with Gasteiger partial charge in [-0.2, -0.15) is 0 Å². The third-order valence-corrected chi connectivity index (χ3v) is 16.8. The van der Waals surface area contributed by atoms with Crippen molar-refractivity contribution < 1.29 is 4.42 Å². The summed E-state index contributed by atoms with van der Waals surface area (Å²) in [5.74, 6) is 2.51. The minimum absolute atomic E-state index is 0.606. The summed E-state index contributed by atoms with van der Waals surface area (Å²) in [6.45, 7) is 0. The molecule has 0 saturated carbocycles. The zero-order valence-electron chi connectivity index (χ0n) is 46.8. The Bertz CT molecular complexity index is 5030. The molecule has 0 radical (unpaired) electrons. The molecule has 0 atom stereocenters. The third-order valence-electron chi connectivity index (χ3n) is 16.8. The van der Waals surface area contributed by atoms with Crippen LogP contribution in [0.1, 0.15) is 0 Å².